The molecular weight excluding hydrogens is 304 g/mol. The number of Topliss-reactive ketones (excluding diaryl/α,β-unsaturated/α-hetero) is 1. The van der Waals surface area contributed by atoms with Crippen molar-refractivity contribution in [2.75, 3.05) is 0 Å². The maximum atomic E-state index is 12.4. The SMILES string of the molecule is CCCCCC(=O)c1ccc2c(c1)Cc1cc(CCCCC)ccc1-2. The summed E-state index contributed by atoms with van der Waals surface area (Å²) in [6.45, 7) is 4.42. The van der Waals surface area contributed by atoms with Gasteiger partial charge in [0.25, 0.3) is 0 Å². The highest BCUT2D eigenvalue weighted by molar-refractivity contribution is 5.97. The molecule has 0 saturated heterocycles. The van der Waals surface area contributed by atoms with Crippen LogP contribution in [-0.4, -0.2) is 5.78 Å². The van der Waals surface area contributed by atoms with Gasteiger partial charge in [-0.2, -0.15) is 0 Å². The summed E-state index contributed by atoms with van der Waals surface area (Å²) < 4.78 is 0. The Hall–Kier alpha value is -1.89. The standard InChI is InChI=1S/C24H30O/c1-3-5-7-9-18-11-13-22-20(15-18)17-21-16-19(12-14-23(21)22)24(25)10-8-6-4-2/h11-16H,3-10,17H2,1-2H3. The van der Waals surface area contributed by atoms with E-state index in [1.54, 1.807) is 0 Å². The number of aryl methyl sites for hydroxylation is 1. The van der Waals surface area contributed by atoms with Crippen molar-refractivity contribution in [2.45, 2.75) is 71.6 Å². The summed E-state index contributed by atoms with van der Waals surface area (Å²) in [5.41, 5.74) is 7.78. The number of hydrogen-bond acceptors (Lipinski definition) is 1. The molecule has 0 atom stereocenters. The molecule has 0 spiro atoms. The van der Waals surface area contributed by atoms with Crippen LogP contribution in [0.5, 0.6) is 0 Å². The minimum Gasteiger partial charge on any atom is -0.294 e. The van der Waals surface area contributed by atoms with Crippen LogP contribution in [0.4, 0.5) is 0 Å². The lowest BCUT2D eigenvalue weighted by Gasteiger charge is -2.06. The van der Waals surface area contributed by atoms with E-state index in [9.17, 15) is 4.79 Å². The number of hydrogen-bond donors (Lipinski definition) is 0. The smallest absolute Gasteiger partial charge is 0.162 e. The van der Waals surface area contributed by atoms with E-state index >= 15 is 0 Å². The molecule has 0 radical (unpaired) electrons. The van der Waals surface area contributed by atoms with E-state index in [0.29, 0.717) is 12.2 Å². The molecule has 0 N–H and O–H groups in total. The molecule has 2 aromatic carbocycles. The summed E-state index contributed by atoms with van der Waals surface area (Å²) in [5, 5.41) is 0. The van der Waals surface area contributed by atoms with E-state index in [1.807, 2.05) is 6.07 Å². The van der Waals surface area contributed by atoms with E-state index in [1.165, 1.54) is 53.5 Å². The zero-order valence-electron chi connectivity index (χ0n) is 15.7. The minimum absolute atomic E-state index is 0.299. The Morgan fingerprint density at radius 1 is 0.840 bits per heavy atom. The molecule has 0 amide bonds. The summed E-state index contributed by atoms with van der Waals surface area (Å²) in [6.07, 6.45) is 10.00. The largest absolute Gasteiger partial charge is 0.294 e. The Bertz CT molecular complexity index is 742. The maximum absolute atomic E-state index is 12.4. The summed E-state index contributed by atoms with van der Waals surface area (Å²) in [6, 6.07) is 13.3. The highest BCUT2D eigenvalue weighted by Crippen LogP contribution is 2.37. The first-order valence-corrected chi connectivity index (χ1v) is 10.0. The molecule has 0 bridgehead atoms. The fourth-order valence-electron chi connectivity index (χ4n) is 3.85. The van der Waals surface area contributed by atoms with E-state index in [4.69, 9.17) is 0 Å². The first kappa shape index (κ1) is 17.9. The van der Waals surface area contributed by atoms with Gasteiger partial charge in [-0.25, -0.2) is 0 Å². The van der Waals surface area contributed by atoms with Gasteiger partial charge < -0.3 is 0 Å². The van der Waals surface area contributed by atoms with Gasteiger partial charge in [-0.1, -0.05) is 69.9 Å². The van der Waals surface area contributed by atoms with E-state index < -0.39 is 0 Å². The summed E-state index contributed by atoms with van der Waals surface area (Å²) in [7, 11) is 0. The van der Waals surface area contributed by atoms with Crippen LogP contribution in [0.15, 0.2) is 36.4 Å². The lowest BCUT2D eigenvalue weighted by atomic mass is 9.98. The molecule has 0 aromatic heterocycles. The third kappa shape index (κ3) is 4.21. The number of benzene rings is 2. The van der Waals surface area contributed by atoms with Gasteiger partial charge in [-0.15, -0.1) is 0 Å². The Kier molecular flexibility index (Phi) is 6.07. The van der Waals surface area contributed by atoms with Crippen molar-refractivity contribution in [3.05, 3.63) is 58.7 Å². The van der Waals surface area contributed by atoms with Crippen molar-refractivity contribution < 1.29 is 4.79 Å². The van der Waals surface area contributed by atoms with Crippen molar-refractivity contribution >= 4 is 5.78 Å². The number of rotatable bonds is 9. The van der Waals surface area contributed by atoms with Gasteiger partial charge in [0.2, 0.25) is 0 Å². The molecule has 0 fully saturated rings. The number of carbonyl (C=O) groups is 1. The van der Waals surface area contributed by atoms with Crippen LogP contribution >= 0.6 is 0 Å². The molecule has 1 nitrogen and oxygen atoms in total. The average molecular weight is 335 g/mol. The fourth-order valence-corrected chi connectivity index (χ4v) is 3.85. The van der Waals surface area contributed by atoms with Gasteiger partial charge in [0, 0.05) is 12.0 Å². The number of carbonyl (C=O) groups excluding carboxylic acids is 1. The second-order valence-electron chi connectivity index (χ2n) is 7.38. The van der Waals surface area contributed by atoms with Crippen molar-refractivity contribution in [3.63, 3.8) is 0 Å². The Morgan fingerprint density at radius 3 is 2.28 bits per heavy atom. The topological polar surface area (TPSA) is 17.1 Å². The maximum Gasteiger partial charge on any atom is 0.162 e. The second kappa shape index (κ2) is 8.47. The molecular formula is C24H30O. The van der Waals surface area contributed by atoms with Crippen molar-refractivity contribution in [1.82, 2.24) is 0 Å². The van der Waals surface area contributed by atoms with E-state index in [-0.39, 0.29) is 0 Å². The fraction of sp³-hybridized carbons (Fsp3) is 0.458. The van der Waals surface area contributed by atoms with Gasteiger partial charge in [0.05, 0.1) is 0 Å². The van der Waals surface area contributed by atoms with E-state index in [0.717, 1.165) is 31.2 Å². The first-order chi connectivity index (χ1) is 12.2. The summed E-state index contributed by atoms with van der Waals surface area (Å²) in [5.74, 6) is 0.299. The molecule has 132 valence electrons. The summed E-state index contributed by atoms with van der Waals surface area (Å²) >= 11 is 0. The number of ketones is 1. The van der Waals surface area contributed by atoms with Crippen molar-refractivity contribution in [1.29, 1.82) is 0 Å². The molecule has 0 saturated carbocycles. The quantitative estimate of drug-likeness (QED) is 0.312. The van der Waals surface area contributed by atoms with Crippen molar-refractivity contribution in [3.8, 4) is 11.1 Å². The lowest BCUT2D eigenvalue weighted by molar-refractivity contribution is 0.0979. The van der Waals surface area contributed by atoms with Crippen LogP contribution < -0.4 is 0 Å². The number of unbranched alkanes of at least 4 members (excludes halogenated alkanes) is 4. The third-order valence-corrected chi connectivity index (χ3v) is 5.34. The zero-order valence-corrected chi connectivity index (χ0v) is 15.7. The van der Waals surface area contributed by atoms with Crippen LogP contribution in [0.3, 0.4) is 0 Å². The van der Waals surface area contributed by atoms with Crippen LogP contribution in [0.2, 0.25) is 0 Å². The van der Waals surface area contributed by atoms with Gasteiger partial charge >= 0.3 is 0 Å². The van der Waals surface area contributed by atoms with E-state index in [2.05, 4.69) is 44.2 Å². The predicted octanol–water partition coefficient (Wildman–Crippen LogP) is 6.75. The monoisotopic (exact) mass is 334 g/mol. The molecule has 1 aliphatic carbocycles. The van der Waals surface area contributed by atoms with Gasteiger partial charge in [-0.05, 0) is 59.6 Å². The van der Waals surface area contributed by atoms with Crippen LogP contribution in [0.1, 0.15) is 85.8 Å². The molecule has 1 aliphatic rings. The molecule has 0 unspecified atom stereocenters. The molecule has 3 rings (SSSR count). The Morgan fingerprint density at radius 2 is 1.52 bits per heavy atom. The lowest BCUT2D eigenvalue weighted by Crippen LogP contribution is -1.99. The third-order valence-electron chi connectivity index (χ3n) is 5.34. The van der Waals surface area contributed by atoms with Crippen LogP contribution in [0, 0.1) is 0 Å². The molecule has 2 aromatic rings. The average Bonchev–Trinajstić information content (AvgIpc) is 2.99. The Balaban J connectivity index is 1.72. The molecule has 1 heteroatoms. The second-order valence-corrected chi connectivity index (χ2v) is 7.38. The van der Waals surface area contributed by atoms with Crippen LogP contribution in [-0.2, 0) is 12.8 Å². The number of fused-ring (bicyclic) bond motifs is 3. The zero-order chi connectivity index (χ0) is 17.6. The Labute approximate surface area is 152 Å². The predicted molar refractivity (Wildman–Crippen MR) is 106 cm³/mol. The minimum atomic E-state index is 0.299. The van der Waals surface area contributed by atoms with Gasteiger partial charge in [-0.3, -0.25) is 4.79 Å². The molecule has 0 heterocycles. The van der Waals surface area contributed by atoms with Gasteiger partial charge in [0.1, 0.15) is 0 Å². The molecule has 25 heavy (non-hydrogen) atoms. The first-order valence-electron chi connectivity index (χ1n) is 10.0. The normalized spacial score (nSPS) is 12.1. The highest BCUT2D eigenvalue weighted by Gasteiger charge is 2.20. The van der Waals surface area contributed by atoms with Gasteiger partial charge in [0.15, 0.2) is 5.78 Å². The van der Waals surface area contributed by atoms with Crippen molar-refractivity contribution in [2.24, 2.45) is 0 Å². The summed E-state index contributed by atoms with van der Waals surface area (Å²) in [4.78, 5) is 12.4. The highest BCUT2D eigenvalue weighted by atomic mass is 16.1. The van der Waals surface area contributed by atoms with Crippen LogP contribution in [0.25, 0.3) is 11.1 Å². The molecule has 0 aliphatic heterocycles.